The molecular formula is C26H24F3N5O. The van der Waals surface area contributed by atoms with Crippen LogP contribution < -0.4 is 0 Å². The van der Waals surface area contributed by atoms with Crippen molar-refractivity contribution < 1.29 is 17.9 Å². The number of hydrogen-bond donors (Lipinski definition) is 0. The molecule has 2 fully saturated rings. The number of benzene rings is 1. The van der Waals surface area contributed by atoms with E-state index in [2.05, 4.69) is 16.3 Å². The number of alkyl halides is 3. The molecule has 1 aromatic carbocycles. The Balaban J connectivity index is 1.36. The third-order valence-electron chi connectivity index (χ3n) is 6.77. The van der Waals surface area contributed by atoms with E-state index in [-0.39, 0.29) is 12.0 Å². The van der Waals surface area contributed by atoms with Crippen LogP contribution in [-0.2, 0) is 10.9 Å². The molecule has 9 heteroatoms. The van der Waals surface area contributed by atoms with Crippen LogP contribution >= 0.6 is 0 Å². The van der Waals surface area contributed by atoms with Crippen molar-refractivity contribution in [1.82, 2.24) is 24.7 Å². The molecule has 2 aliphatic rings. The van der Waals surface area contributed by atoms with Crippen LogP contribution in [0.3, 0.4) is 0 Å². The van der Waals surface area contributed by atoms with Gasteiger partial charge in [0.1, 0.15) is 5.82 Å². The highest BCUT2D eigenvalue weighted by atomic mass is 19.4. The van der Waals surface area contributed by atoms with Crippen LogP contribution in [0.1, 0.15) is 66.4 Å². The van der Waals surface area contributed by atoms with E-state index in [0.29, 0.717) is 47.2 Å². The summed E-state index contributed by atoms with van der Waals surface area (Å²) in [4.78, 5) is 14.3. The maximum atomic E-state index is 13.1. The van der Waals surface area contributed by atoms with Crippen LogP contribution in [0, 0.1) is 6.92 Å². The minimum atomic E-state index is -4.39. The van der Waals surface area contributed by atoms with E-state index >= 15 is 0 Å². The van der Waals surface area contributed by atoms with Crippen molar-refractivity contribution >= 4 is 11.0 Å². The molecule has 1 aliphatic heterocycles. The Morgan fingerprint density at radius 3 is 2.51 bits per heavy atom. The fourth-order valence-electron chi connectivity index (χ4n) is 4.66. The van der Waals surface area contributed by atoms with Gasteiger partial charge in [-0.2, -0.15) is 18.3 Å². The number of fused-ring (bicyclic) bond motifs is 1. The number of nitrogens with zero attached hydrogens (tertiary/aromatic N) is 5. The maximum absolute atomic E-state index is 13.1. The molecule has 0 spiro atoms. The van der Waals surface area contributed by atoms with E-state index in [1.54, 1.807) is 0 Å². The summed E-state index contributed by atoms with van der Waals surface area (Å²) in [6, 6.07) is 9.36. The van der Waals surface area contributed by atoms with Crippen molar-refractivity contribution in [3.63, 3.8) is 0 Å². The highest BCUT2D eigenvalue weighted by Crippen LogP contribution is 2.40. The van der Waals surface area contributed by atoms with E-state index < -0.39 is 11.7 Å². The number of aryl methyl sites for hydroxylation is 1. The van der Waals surface area contributed by atoms with Crippen molar-refractivity contribution in [3.8, 4) is 11.3 Å². The van der Waals surface area contributed by atoms with Gasteiger partial charge in [-0.3, -0.25) is 4.68 Å². The Labute approximate surface area is 200 Å². The summed E-state index contributed by atoms with van der Waals surface area (Å²) in [5.74, 6) is 0.686. The van der Waals surface area contributed by atoms with Crippen molar-refractivity contribution in [2.24, 2.45) is 0 Å². The van der Waals surface area contributed by atoms with Crippen LogP contribution in [-0.4, -0.2) is 31.3 Å². The predicted octanol–water partition coefficient (Wildman–Crippen LogP) is 6.19. The lowest BCUT2D eigenvalue weighted by atomic mass is 9.92. The molecule has 0 radical (unpaired) electrons. The quantitative estimate of drug-likeness (QED) is 0.349. The number of ether oxygens (including phenoxy) is 1. The fourth-order valence-corrected chi connectivity index (χ4v) is 4.66. The predicted molar refractivity (Wildman–Crippen MR) is 124 cm³/mol. The largest absolute Gasteiger partial charge is 0.416 e. The first kappa shape index (κ1) is 22.2. The molecule has 0 bridgehead atoms. The van der Waals surface area contributed by atoms with Gasteiger partial charge in [0.15, 0.2) is 5.65 Å². The topological polar surface area (TPSA) is 65.7 Å². The number of aromatic nitrogens is 5. The van der Waals surface area contributed by atoms with Crippen LogP contribution in [0.15, 0.2) is 48.8 Å². The zero-order valence-electron chi connectivity index (χ0n) is 19.2. The molecule has 0 amide bonds. The van der Waals surface area contributed by atoms with Gasteiger partial charge in [0.05, 0.1) is 29.6 Å². The normalized spacial score (nSPS) is 20.9. The summed E-state index contributed by atoms with van der Waals surface area (Å²) in [5, 5.41) is 5.21. The highest BCUT2D eigenvalue weighted by molar-refractivity contribution is 5.90. The van der Waals surface area contributed by atoms with Gasteiger partial charge in [0.2, 0.25) is 0 Å². The lowest BCUT2D eigenvalue weighted by Gasteiger charge is -2.28. The third-order valence-corrected chi connectivity index (χ3v) is 6.77. The molecule has 3 aromatic heterocycles. The number of hydrogen-bond acceptors (Lipinski definition) is 5. The highest BCUT2D eigenvalue weighted by Gasteiger charge is 2.32. The maximum Gasteiger partial charge on any atom is 0.416 e. The van der Waals surface area contributed by atoms with Crippen molar-refractivity contribution in [1.29, 1.82) is 0 Å². The Kier molecular flexibility index (Phi) is 5.32. The molecule has 0 N–H and O–H groups in total. The smallest absolute Gasteiger partial charge is 0.373 e. The Morgan fingerprint density at radius 2 is 1.77 bits per heavy atom. The van der Waals surface area contributed by atoms with Gasteiger partial charge in [0.25, 0.3) is 0 Å². The van der Waals surface area contributed by atoms with Crippen molar-refractivity contribution in [2.45, 2.75) is 56.8 Å². The molecule has 2 atom stereocenters. The zero-order valence-corrected chi connectivity index (χ0v) is 19.2. The number of rotatable bonds is 4. The van der Waals surface area contributed by atoms with E-state index in [9.17, 15) is 13.2 Å². The molecule has 1 saturated heterocycles. The molecule has 0 unspecified atom stereocenters. The molecule has 1 saturated carbocycles. The summed E-state index contributed by atoms with van der Waals surface area (Å²) in [7, 11) is 0. The Bertz CT molecular complexity index is 1380. The van der Waals surface area contributed by atoms with Crippen LogP contribution in [0.5, 0.6) is 0 Å². The molecule has 180 valence electrons. The zero-order chi connectivity index (χ0) is 24.2. The second kappa shape index (κ2) is 8.41. The van der Waals surface area contributed by atoms with Gasteiger partial charge in [0, 0.05) is 40.9 Å². The Morgan fingerprint density at radius 1 is 0.971 bits per heavy atom. The van der Waals surface area contributed by atoms with Gasteiger partial charge >= 0.3 is 6.18 Å². The molecule has 6 rings (SSSR count). The molecule has 6 nitrogen and oxygen atoms in total. The van der Waals surface area contributed by atoms with Gasteiger partial charge < -0.3 is 4.74 Å². The van der Waals surface area contributed by atoms with Crippen molar-refractivity contribution in [2.75, 3.05) is 6.61 Å². The van der Waals surface area contributed by atoms with Crippen LogP contribution in [0.25, 0.3) is 22.3 Å². The van der Waals surface area contributed by atoms with E-state index in [1.807, 2.05) is 29.9 Å². The van der Waals surface area contributed by atoms with E-state index in [4.69, 9.17) is 14.7 Å². The van der Waals surface area contributed by atoms with Gasteiger partial charge in [-0.05, 0) is 56.9 Å². The summed E-state index contributed by atoms with van der Waals surface area (Å²) < 4.78 is 47.4. The average Bonchev–Trinajstić information content (AvgIpc) is 3.59. The molecule has 35 heavy (non-hydrogen) atoms. The van der Waals surface area contributed by atoms with E-state index in [0.717, 1.165) is 29.8 Å². The van der Waals surface area contributed by atoms with Crippen LogP contribution in [0.4, 0.5) is 13.2 Å². The minimum Gasteiger partial charge on any atom is -0.373 e. The molecular weight excluding hydrogens is 455 g/mol. The SMILES string of the molecule is Cc1ccc2c(-c3ccc(C(F)(F)F)cc3)nc([C@@H]3CCO[C@@H](c4cnn(C5CC5)c4)C3)nc2n1. The standard InChI is InChI=1S/C26H24F3N5O/c1-15-2-9-21-23(16-3-5-19(6-4-16)26(27,28)29)32-24(33-25(21)31-15)17-10-11-35-22(12-17)18-13-30-34(14-18)20-7-8-20/h2-6,9,13-14,17,20,22H,7-8,10-12H2,1H3/t17-,22-/m1/s1. The second-order valence-electron chi connectivity index (χ2n) is 9.39. The van der Waals surface area contributed by atoms with E-state index in [1.165, 1.54) is 25.0 Å². The summed E-state index contributed by atoms with van der Waals surface area (Å²) in [6.07, 6.45) is 3.27. The Hall–Kier alpha value is -3.33. The monoisotopic (exact) mass is 479 g/mol. The summed E-state index contributed by atoms with van der Waals surface area (Å²) in [5.41, 5.74) is 2.93. The second-order valence-corrected chi connectivity index (χ2v) is 9.39. The first-order valence-electron chi connectivity index (χ1n) is 11.8. The average molecular weight is 480 g/mol. The first-order valence-corrected chi connectivity index (χ1v) is 11.8. The number of pyridine rings is 1. The van der Waals surface area contributed by atoms with Gasteiger partial charge in [-0.25, -0.2) is 15.0 Å². The summed E-state index contributed by atoms with van der Waals surface area (Å²) >= 11 is 0. The fraction of sp³-hybridized carbons (Fsp3) is 0.385. The number of halogens is 3. The molecule has 4 aromatic rings. The lowest BCUT2D eigenvalue weighted by molar-refractivity contribution is -0.137. The summed E-state index contributed by atoms with van der Waals surface area (Å²) in [6.45, 7) is 2.46. The van der Waals surface area contributed by atoms with Crippen LogP contribution in [0.2, 0.25) is 0 Å². The van der Waals surface area contributed by atoms with Gasteiger partial charge in [-0.1, -0.05) is 12.1 Å². The minimum absolute atomic E-state index is 0.0398. The third kappa shape index (κ3) is 4.40. The van der Waals surface area contributed by atoms with Gasteiger partial charge in [-0.15, -0.1) is 0 Å². The lowest BCUT2D eigenvalue weighted by Crippen LogP contribution is -2.20. The molecule has 1 aliphatic carbocycles. The molecule has 4 heterocycles. The first-order chi connectivity index (χ1) is 16.8. The van der Waals surface area contributed by atoms with Crippen molar-refractivity contribution in [3.05, 3.63) is 71.4 Å².